The molecule has 2 N–H and O–H groups in total. The summed E-state index contributed by atoms with van der Waals surface area (Å²) in [6.45, 7) is 0. The molecule has 5 nitrogen and oxygen atoms in total. The third kappa shape index (κ3) is 5.58. The summed E-state index contributed by atoms with van der Waals surface area (Å²) < 4.78 is 28.0. The minimum absolute atomic E-state index is 0.116. The molecular weight excluding hydrogens is 468 g/mol. The summed E-state index contributed by atoms with van der Waals surface area (Å²) in [6.07, 6.45) is 0. The molecule has 0 aliphatic carbocycles. The lowest BCUT2D eigenvalue weighted by Crippen LogP contribution is -2.14. The maximum Gasteiger partial charge on any atom is 0.271 e. The van der Waals surface area contributed by atoms with Crippen molar-refractivity contribution in [1.82, 2.24) is 0 Å². The highest BCUT2D eigenvalue weighted by Crippen LogP contribution is 2.25. The summed E-state index contributed by atoms with van der Waals surface area (Å²) in [7, 11) is -3.55. The van der Waals surface area contributed by atoms with Crippen LogP contribution in [0, 0.1) is 0 Å². The van der Waals surface area contributed by atoms with Gasteiger partial charge in [0, 0.05) is 15.1 Å². The molecule has 1 amide bonds. The molecule has 0 bridgehead atoms. The molecule has 3 aromatic rings. The number of nitrogens with one attached hydrogen (secondary N) is 2. The third-order valence-electron chi connectivity index (χ3n) is 3.38. The molecule has 140 valence electrons. The largest absolute Gasteiger partial charge is 0.324 e. The average Bonchev–Trinajstić information content (AvgIpc) is 3.19. The second-order valence-electron chi connectivity index (χ2n) is 5.38. The SMILES string of the molecule is O=C(CSc1ccc(NS(=O)(=O)c2cccs2)cc1)Nc1ccccc1Br. The number of thioether (sulfide) groups is 1. The lowest BCUT2D eigenvalue weighted by molar-refractivity contribution is -0.113. The fourth-order valence-corrected chi connectivity index (χ4v) is 5.27. The van der Waals surface area contributed by atoms with Crippen molar-refractivity contribution in [2.24, 2.45) is 0 Å². The molecule has 0 aliphatic rings. The number of rotatable bonds is 7. The van der Waals surface area contributed by atoms with E-state index < -0.39 is 10.0 Å². The van der Waals surface area contributed by atoms with E-state index in [4.69, 9.17) is 0 Å². The van der Waals surface area contributed by atoms with E-state index in [2.05, 4.69) is 26.0 Å². The zero-order valence-corrected chi connectivity index (χ0v) is 17.9. The molecule has 9 heteroatoms. The molecule has 0 aliphatic heterocycles. The molecule has 3 rings (SSSR count). The maximum atomic E-state index is 12.2. The topological polar surface area (TPSA) is 75.3 Å². The standard InChI is InChI=1S/C18H15BrN2O3S3/c19-15-4-1-2-5-16(15)20-17(22)12-26-14-9-7-13(8-10-14)21-27(23,24)18-6-3-11-25-18/h1-11,21H,12H2,(H,20,22). The predicted molar refractivity (Wildman–Crippen MR) is 115 cm³/mol. The number of anilines is 2. The van der Waals surface area contributed by atoms with E-state index in [0.717, 1.165) is 26.4 Å². The molecule has 0 saturated carbocycles. The van der Waals surface area contributed by atoms with Crippen LogP contribution < -0.4 is 10.0 Å². The second-order valence-corrected chi connectivity index (χ2v) is 10.1. The Bertz CT molecular complexity index is 1020. The predicted octanol–water partition coefficient (Wildman–Crippen LogP) is 5.04. The van der Waals surface area contributed by atoms with Gasteiger partial charge in [-0.2, -0.15) is 0 Å². The number of amides is 1. The number of carbonyl (C=O) groups excluding carboxylic acids is 1. The third-order valence-corrected chi connectivity index (χ3v) is 7.87. The Kier molecular flexibility index (Phi) is 6.59. The smallest absolute Gasteiger partial charge is 0.271 e. The molecule has 2 aromatic carbocycles. The number of para-hydroxylation sites is 1. The Morgan fingerprint density at radius 2 is 1.78 bits per heavy atom. The van der Waals surface area contributed by atoms with Crippen LogP contribution in [0.25, 0.3) is 0 Å². The molecule has 27 heavy (non-hydrogen) atoms. The molecule has 1 aromatic heterocycles. The molecule has 0 spiro atoms. The fraction of sp³-hybridized carbons (Fsp3) is 0.0556. The number of halogens is 1. The van der Waals surface area contributed by atoms with Crippen LogP contribution in [0.2, 0.25) is 0 Å². The van der Waals surface area contributed by atoms with Gasteiger partial charge in [-0.15, -0.1) is 23.1 Å². The van der Waals surface area contributed by atoms with Gasteiger partial charge in [0.05, 0.1) is 11.4 Å². The first-order valence-corrected chi connectivity index (χ1v) is 11.9. The van der Waals surface area contributed by atoms with Crippen molar-refractivity contribution in [3.05, 3.63) is 70.5 Å². The van der Waals surface area contributed by atoms with Crippen LogP contribution in [0.4, 0.5) is 11.4 Å². The zero-order chi connectivity index (χ0) is 19.3. The van der Waals surface area contributed by atoms with Gasteiger partial charge in [0.1, 0.15) is 4.21 Å². The molecule has 0 radical (unpaired) electrons. The fourth-order valence-electron chi connectivity index (χ4n) is 2.14. The molecule has 0 saturated heterocycles. The Balaban J connectivity index is 1.55. The van der Waals surface area contributed by atoms with Crippen molar-refractivity contribution in [3.63, 3.8) is 0 Å². The van der Waals surface area contributed by atoms with E-state index in [9.17, 15) is 13.2 Å². The van der Waals surface area contributed by atoms with E-state index in [1.165, 1.54) is 11.8 Å². The summed E-state index contributed by atoms with van der Waals surface area (Å²) >= 11 is 5.93. The van der Waals surface area contributed by atoms with E-state index in [0.29, 0.717) is 5.69 Å². The minimum atomic E-state index is -3.55. The van der Waals surface area contributed by atoms with Gasteiger partial charge < -0.3 is 5.32 Å². The summed E-state index contributed by atoms with van der Waals surface area (Å²) in [6, 6.07) is 17.6. The monoisotopic (exact) mass is 482 g/mol. The molecule has 1 heterocycles. The average molecular weight is 483 g/mol. The van der Waals surface area contributed by atoms with Crippen LogP contribution >= 0.6 is 39.0 Å². The van der Waals surface area contributed by atoms with Crippen molar-refractivity contribution in [2.45, 2.75) is 9.10 Å². The highest BCUT2D eigenvalue weighted by molar-refractivity contribution is 9.10. The van der Waals surface area contributed by atoms with Crippen LogP contribution in [-0.2, 0) is 14.8 Å². The van der Waals surface area contributed by atoms with Crippen molar-refractivity contribution in [1.29, 1.82) is 0 Å². The van der Waals surface area contributed by atoms with E-state index in [1.807, 2.05) is 24.3 Å². The zero-order valence-electron chi connectivity index (χ0n) is 13.9. The number of hydrogen-bond acceptors (Lipinski definition) is 5. The van der Waals surface area contributed by atoms with Crippen LogP contribution in [0.1, 0.15) is 0 Å². The Hall–Kier alpha value is -1.81. The van der Waals surface area contributed by atoms with Gasteiger partial charge in [0.15, 0.2) is 0 Å². The first kappa shape index (κ1) is 19.9. The molecular formula is C18H15BrN2O3S3. The van der Waals surface area contributed by atoms with Gasteiger partial charge >= 0.3 is 0 Å². The highest BCUT2D eigenvalue weighted by Gasteiger charge is 2.15. The normalized spacial score (nSPS) is 11.1. The number of thiophene rings is 1. The van der Waals surface area contributed by atoms with Crippen LogP contribution in [0.5, 0.6) is 0 Å². The van der Waals surface area contributed by atoms with Crippen LogP contribution in [-0.4, -0.2) is 20.1 Å². The number of carbonyl (C=O) groups is 1. The summed E-state index contributed by atoms with van der Waals surface area (Å²) in [5, 5.41) is 4.56. The Morgan fingerprint density at radius 1 is 1.04 bits per heavy atom. The first-order valence-electron chi connectivity index (χ1n) is 7.77. The van der Waals surface area contributed by atoms with Gasteiger partial charge in [-0.25, -0.2) is 8.42 Å². The van der Waals surface area contributed by atoms with E-state index in [1.54, 1.807) is 41.8 Å². The highest BCUT2D eigenvalue weighted by atomic mass is 79.9. The number of hydrogen-bond donors (Lipinski definition) is 2. The summed E-state index contributed by atoms with van der Waals surface area (Å²) in [5.41, 5.74) is 1.20. The van der Waals surface area contributed by atoms with Crippen molar-refractivity contribution >= 4 is 66.3 Å². The van der Waals surface area contributed by atoms with Gasteiger partial charge in [0.25, 0.3) is 10.0 Å². The Labute approximate surface area is 174 Å². The Morgan fingerprint density at radius 3 is 2.44 bits per heavy atom. The van der Waals surface area contributed by atoms with Crippen molar-refractivity contribution in [2.75, 3.05) is 15.8 Å². The quantitative estimate of drug-likeness (QED) is 0.462. The van der Waals surface area contributed by atoms with Gasteiger partial charge in [0.2, 0.25) is 5.91 Å². The minimum Gasteiger partial charge on any atom is -0.324 e. The molecule has 0 unspecified atom stereocenters. The lowest BCUT2D eigenvalue weighted by atomic mass is 10.3. The number of sulfonamides is 1. The van der Waals surface area contributed by atoms with Gasteiger partial charge in [-0.05, 0) is 63.8 Å². The van der Waals surface area contributed by atoms with Crippen molar-refractivity contribution in [3.8, 4) is 0 Å². The molecule has 0 fully saturated rings. The van der Waals surface area contributed by atoms with Gasteiger partial charge in [-0.3, -0.25) is 9.52 Å². The van der Waals surface area contributed by atoms with Crippen molar-refractivity contribution < 1.29 is 13.2 Å². The summed E-state index contributed by atoms with van der Waals surface area (Å²) in [4.78, 5) is 13.0. The molecule has 0 atom stereocenters. The maximum absolute atomic E-state index is 12.2. The van der Waals surface area contributed by atoms with E-state index >= 15 is 0 Å². The van der Waals surface area contributed by atoms with Crippen LogP contribution in [0.3, 0.4) is 0 Å². The lowest BCUT2D eigenvalue weighted by Gasteiger charge is -2.08. The summed E-state index contributed by atoms with van der Waals surface area (Å²) in [5.74, 6) is 0.135. The first-order chi connectivity index (χ1) is 12.9. The van der Waals surface area contributed by atoms with Crippen LogP contribution in [0.15, 0.2) is 79.6 Å². The van der Waals surface area contributed by atoms with E-state index in [-0.39, 0.29) is 15.9 Å². The van der Waals surface area contributed by atoms with Gasteiger partial charge in [-0.1, -0.05) is 18.2 Å². The number of benzene rings is 2. The second kappa shape index (κ2) is 8.92.